The van der Waals surface area contributed by atoms with Crippen LogP contribution in [0.4, 0.5) is 4.39 Å². The lowest BCUT2D eigenvalue weighted by atomic mass is 10.00. The van der Waals surface area contributed by atoms with Gasteiger partial charge in [-0.2, -0.15) is 0 Å². The molecule has 0 saturated carbocycles. The second-order valence-corrected chi connectivity index (χ2v) is 6.90. The maximum atomic E-state index is 13.2. The van der Waals surface area contributed by atoms with Gasteiger partial charge in [0.05, 0.1) is 18.0 Å². The van der Waals surface area contributed by atoms with Crippen LogP contribution in [0.2, 0.25) is 0 Å². The summed E-state index contributed by atoms with van der Waals surface area (Å²) < 4.78 is 13.2. The summed E-state index contributed by atoms with van der Waals surface area (Å²) in [5.74, 6) is -0.583. The van der Waals surface area contributed by atoms with Gasteiger partial charge in [-0.25, -0.2) is 4.39 Å². The molecule has 2 N–H and O–H groups in total. The van der Waals surface area contributed by atoms with Crippen molar-refractivity contribution >= 4 is 17.2 Å². The summed E-state index contributed by atoms with van der Waals surface area (Å²) in [5.41, 5.74) is 4.24. The summed E-state index contributed by atoms with van der Waals surface area (Å²) >= 11 is 0. The second kappa shape index (κ2) is 8.80. The summed E-state index contributed by atoms with van der Waals surface area (Å²) in [5, 5.41) is 13.0. The molecule has 3 aromatic rings. The Hall–Kier alpha value is -3.64. The van der Waals surface area contributed by atoms with Crippen molar-refractivity contribution in [3.63, 3.8) is 0 Å². The van der Waals surface area contributed by atoms with Crippen LogP contribution >= 0.6 is 0 Å². The van der Waals surface area contributed by atoms with Gasteiger partial charge in [-0.05, 0) is 47.5 Å². The first kappa shape index (κ1) is 19.7. The Labute approximate surface area is 173 Å². The highest BCUT2D eigenvalue weighted by Crippen LogP contribution is 2.23. The molecule has 30 heavy (non-hydrogen) atoms. The van der Waals surface area contributed by atoms with E-state index in [1.54, 1.807) is 48.7 Å². The lowest BCUT2D eigenvalue weighted by Crippen LogP contribution is -2.29. The number of nitrogens with zero attached hydrogens (tertiary/aromatic N) is 2. The van der Waals surface area contributed by atoms with Gasteiger partial charge in [0.1, 0.15) is 11.9 Å². The topological polar surface area (TPSA) is 74.6 Å². The molecule has 0 spiro atoms. The first-order valence-corrected chi connectivity index (χ1v) is 9.59. The molecule has 1 unspecified atom stereocenters. The summed E-state index contributed by atoms with van der Waals surface area (Å²) in [6.45, 7) is 0.517. The third-order valence-electron chi connectivity index (χ3n) is 4.88. The lowest BCUT2D eigenvalue weighted by Gasteiger charge is -2.13. The van der Waals surface area contributed by atoms with Crippen molar-refractivity contribution in [1.29, 1.82) is 0 Å². The van der Waals surface area contributed by atoms with Crippen molar-refractivity contribution in [3.8, 4) is 0 Å². The standard InChI is InChI=1S/C24H20FN3O2/c25-18-10-8-16(9-11-18)17-13-22(27-14-17)19-5-1-2-6-20(19)24(30)28-15-23(29)21-7-3-4-12-26-21/h1-13,23,29H,14-15H2,(H,28,30). The van der Waals surface area contributed by atoms with E-state index < -0.39 is 6.10 Å². The van der Waals surface area contributed by atoms with Crippen molar-refractivity contribution in [1.82, 2.24) is 10.3 Å². The van der Waals surface area contributed by atoms with E-state index in [2.05, 4.69) is 15.3 Å². The highest BCUT2D eigenvalue weighted by Gasteiger charge is 2.19. The molecule has 1 amide bonds. The first-order valence-electron chi connectivity index (χ1n) is 9.59. The van der Waals surface area contributed by atoms with E-state index in [9.17, 15) is 14.3 Å². The number of rotatable bonds is 6. The average molecular weight is 401 g/mol. The number of aromatic nitrogens is 1. The van der Waals surface area contributed by atoms with Crippen molar-refractivity contribution in [3.05, 3.63) is 107 Å². The Morgan fingerprint density at radius 2 is 1.83 bits per heavy atom. The van der Waals surface area contributed by atoms with Gasteiger partial charge in [-0.1, -0.05) is 36.4 Å². The van der Waals surface area contributed by atoms with Gasteiger partial charge in [0.2, 0.25) is 0 Å². The van der Waals surface area contributed by atoms with E-state index in [-0.39, 0.29) is 18.3 Å². The minimum Gasteiger partial charge on any atom is -0.385 e. The summed E-state index contributed by atoms with van der Waals surface area (Å²) in [4.78, 5) is 21.5. The van der Waals surface area contributed by atoms with Gasteiger partial charge >= 0.3 is 0 Å². The van der Waals surface area contributed by atoms with E-state index in [1.807, 2.05) is 18.2 Å². The number of carbonyl (C=O) groups is 1. The lowest BCUT2D eigenvalue weighted by molar-refractivity contribution is 0.0914. The molecular formula is C24H20FN3O2. The molecule has 5 nitrogen and oxygen atoms in total. The van der Waals surface area contributed by atoms with E-state index in [1.165, 1.54) is 12.1 Å². The molecule has 1 atom stereocenters. The number of aliphatic hydroxyl groups is 1. The van der Waals surface area contributed by atoms with Crippen LogP contribution in [0.1, 0.15) is 33.3 Å². The van der Waals surface area contributed by atoms with Crippen molar-refractivity contribution in [2.24, 2.45) is 4.99 Å². The molecular weight excluding hydrogens is 381 g/mol. The van der Waals surface area contributed by atoms with Crippen molar-refractivity contribution in [2.45, 2.75) is 6.10 Å². The Kier molecular flexibility index (Phi) is 5.77. The minimum atomic E-state index is -0.892. The summed E-state index contributed by atoms with van der Waals surface area (Å²) in [6, 6.07) is 18.7. The Balaban J connectivity index is 1.50. The molecule has 6 heteroatoms. The Bertz CT molecular complexity index is 1110. The van der Waals surface area contributed by atoms with Gasteiger partial charge in [-0.3, -0.25) is 14.8 Å². The predicted octanol–water partition coefficient (Wildman–Crippen LogP) is 3.57. The normalized spacial score (nSPS) is 14.1. The van der Waals surface area contributed by atoms with Crippen molar-refractivity contribution in [2.75, 3.05) is 13.1 Å². The van der Waals surface area contributed by atoms with Crippen LogP contribution in [0.3, 0.4) is 0 Å². The van der Waals surface area contributed by atoms with Gasteiger partial charge in [0, 0.05) is 23.9 Å². The number of aliphatic hydroxyl groups excluding tert-OH is 1. The number of aliphatic imine (C=N–C) groups is 1. The zero-order valence-electron chi connectivity index (χ0n) is 16.1. The quantitative estimate of drug-likeness (QED) is 0.663. The van der Waals surface area contributed by atoms with E-state index in [0.29, 0.717) is 29.1 Å². The second-order valence-electron chi connectivity index (χ2n) is 6.90. The van der Waals surface area contributed by atoms with E-state index in [4.69, 9.17) is 0 Å². The smallest absolute Gasteiger partial charge is 0.252 e. The first-order chi connectivity index (χ1) is 14.6. The van der Waals surface area contributed by atoms with Crippen molar-refractivity contribution < 1.29 is 14.3 Å². The number of carbonyl (C=O) groups excluding carboxylic acids is 1. The minimum absolute atomic E-state index is 0.0489. The third kappa shape index (κ3) is 4.34. The summed E-state index contributed by atoms with van der Waals surface area (Å²) in [7, 11) is 0. The number of benzene rings is 2. The predicted molar refractivity (Wildman–Crippen MR) is 114 cm³/mol. The number of halogens is 1. The fraction of sp³-hybridized carbons (Fsp3) is 0.125. The molecule has 0 radical (unpaired) electrons. The molecule has 150 valence electrons. The zero-order chi connectivity index (χ0) is 20.9. The Morgan fingerprint density at radius 3 is 2.60 bits per heavy atom. The highest BCUT2D eigenvalue weighted by atomic mass is 19.1. The third-order valence-corrected chi connectivity index (χ3v) is 4.88. The van der Waals surface area contributed by atoms with Gasteiger partial charge in [0.15, 0.2) is 0 Å². The molecule has 2 heterocycles. The Morgan fingerprint density at radius 1 is 1.07 bits per heavy atom. The average Bonchev–Trinajstić information content (AvgIpc) is 3.28. The molecule has 0 aliphatic carbocycles. The maximum Gasteiger partial charge on any atom is 0.252 e. The van der Waals surface area contributed by atoms with Gasteiger partial charge in [0.25, 0.3) is 5.91 Å². The molecule has 0 bridgehead atoms. The largest absolute Gasteiger partial charge is 0.385 e. The molecule has 0 fully saturated rings. The van der Waals surface area contributed by atoms with Gasteiger partial charge in [-0.15, -0.1) is 0 Å². The molecule has 1 aliphatic rings. The molecule has 1 aliphatic heterocycles. The van der Waals surface area contributed by atoms with Crippen LogP contribution < -0.4 is 5.32 Å². The highest BCUT2D eigenvalue weighted by molar-refractivity contribution is 6.19. The van der Waals surface area contributed by atoms with Crippen LogP contribution in [0, 0.1) is 5.82 Å². The molecule has 1 aromatic heterocycles. The van der Waals surface area contributed by atoms with Crippen LogP contribution in [-0.4, -0.2) is 34.8 Å². The van der Waals surface area contributed by atoms with Crippen LogP contribution in [0.15, 0.2) is 84.0 Å². The molecule has 2 aromatic carbocycles. The van der Waals surface area contributed by atoms with E-state index in [0.717, 1.165) is 11.1 Å². The number of hydrogen-bond acceptors (Lipinski definition) is 4. The zero-order valence-corrected chi connectivity index (χ0v) is 16.1. The van der Waals surface area contributed by atoms with E-state index >= 15 is 0 Å². The monoisotopic (exact) mass is 401 g/mol. The number of pyridine rings is 1. The fourth-order valence-electron chi connectivity index (χ4n) is 3.29. The maximum absolute atomic E-state index is 13.2. The fourth-order valence-corrected chi connectivity index (χ4v) is 3.29. The number of amides is 1. The number of allylic oxidation sites excluding steroid dienone is 1. The molecule has 4 rings (SSSR count). The van der Waals surface area contributed by atoms with Crippen LogP contribution in [0.25, 0.3) is 5.57 Å². The van der Waals surface area contributed by atoms with Gasteiger partial charge < -0.3 is 10.4 Å². The number of hydrogen-bond donors (Lipinski definition) is 2. The molecule has 0 saturated heterocycles. The SMILES string of the molecule is O=C(NCC(O)c1ccccn1)c1ccccc1C1=NCC(c2ccc(F)cc2)=C1. The van der Waals surface area contributed by atoms with Crippen LogP contribution in [-0.2, 0) is 0 Å². The summed E-state index contributed by atoms with van der Waals surface area (Å²) in [6.07, 6.45) is 2.62. The van der Waals surface area contributed by atoms with Crippen LogP contribution in [0.5, 0.6) is 0 Å². The number of nitrogens with one attached hydrogen (secondary N) is 1.